The van der Waals surface area contributed by atoms with Crippen molar-refractivity contribution in [2.75, 3.05) is 19.6 Å². The minimum absolute atomic E-state index is 0.239. The molecule has 1 saturated heterocycles. The Kier molecular flexibility index (Phi) is 6.68. The van der Waals surface area contributed by atoms with Crippen LogP contribution in [-0.2, 0) is 5.60 Å². The van der Waals surface area contributed by atoms with E-state index in [1.54, 1.807) is 24.8 Å². The smallest absolute Gasteiger partial charge is 0.407 e. The van der Waals surface area contributed by atoms with Crippen LogP contribution >= 0.6 is 0 Å². The highest BCUT2D eigenvalue weighted by molar-refractivity contribution is 5.65. The number of carbonyl (C=O) groups is 1. The fraction of sp³-hybridized carbons (Fsp3) is 0.370. The molecule has 1 aliphatic heterocycles. The summed E-state index contributed by atoms with van der Waals surface area (Å²) >= 11 is 0. The monoisotopic (exact) mass is 460 g/mol. The van der Waals surface area contributed by atoms with Crippen LogP contribution in [0.5, 0.6) is 0 Å². The van der Waals surface area contributed by atoms with Gasteiger partial charge in [-0.25, -0.2) is 4.79 Å². The molecule has 1 aliphatic rings. The summed E-state index contributed by atoms with van der Waals surface area (Å²) in [7, 11) is 0. The molecule has 1 amide bonds. The van der Waals surface area contributed by atoms with Crippen molar-refractivity contribution in [1.29, 1.82) is 0 Å². The summed E-state index contributed by atoms with van der Waals surface area (Å²) in [6, 6.07) is 16.6. The third-order valence-corrected chi connectivity index (χ3v) is 6.74. The molecule has 0 aliphatic carbocycles. The summed E-state index contributed by atoms with van der Waals surface area (Å²) < 4.78 is 0. The van der Waals surface area contributed by atoms with Gasteiger partial charge in [0.25, 0.3) is 0 Å². The maximum atomic E-state index is 12.6. The standard InChI is InChI=1S/C27H32N4O3/c1-26(2,3)23-19-30(15-16-31(23)25(32)33)24(20-9-5-4-6-10-20)27(34,21-11-7-13-28-17-21)22-12-8-14-29-18-22/h4-14,17-18,23-24,34H,15-16,19H2,1-3H3,(H,32,33). The molecular formula is C27H32N4O3. The third kappa shape index (κ3) is 4.54. The first-order chi connectivity index (χ1) is 16.2. The molecule has 1 aromatic carbocycles. The number of piperazine rings is 1. The number of aliphatic hydroxyl groups is 1. The Morgan fingerprint density at radius 2 is 1.53 bits per heavy atom. The van der Waals surface area contributed by atoms with E-state index in [9.17, 15) is 15.0 Å². The van der Waals surface area contributed by atoms with Crippen molar-refractivity contribution in [3.63, 3.8) is 0 Å². The molecule has 2 unspecified atom stereocenters. The van der Waals surface area contributed by atoms with Crippen LogP contribution in [0.15, 0.2) is 79.4 Å². The van der Waals surface area contributed by atoms with Crippen LogP contribution in [0.1, 0.15) is 43.5 Å². The zero-order valence-electron chi connectivity index (χ0n) is 19.9. The quantitative estimate of drug-likeness (QED) is 0.594. The number of pyridine rings is 2. The molecule has 34 heavy (non-hydrogen) atoms. The van der Waals surface area contributed by atoms with Crippen LogP contribution in [0.4, 0.5) is 4.79 Å². The minimum atomic E-state index is -1.46. The van der Waals surface area contributed by atoms with Crippen LogP contribution in [0.2, 0.25) is 0 Å². The van der Waals surface area contributed by atoms with Gasteiger partial charge in [0.15, 0.2) is 0 Å². The third-order valence-electron chi connectivity index (χ3n) is 6.74. The van der Waals surface area contributed by atoms with Gasteiger partial charge in [0.2, 0.25) is 0 Å². The average Bonchev–Trinajstić information content (AvgIpc) is 2.85. The Hall–Kier alpha value is -3.29. The summed E-state index contributed by atoms with van der Waals surface area (Å²) in [6.07, 6.45) is 5.85. The van der Waals surface area contributed by atoms with Crippen molar-refractivity contribution < 1.29 is 15.0 Å². The van der Waals surface area contributed by atoms with Gasteiger partial charge in [-0.15, -0.1) is 0 Å². The lowest BCUT2D eigenvalue weighted by Crippen LogP contribution is -2.61. The normalized spacial score (nSPS) is 18.5. The molecule has 3 aromatic rings. The van der Waals surface area contributed by atoms with Crippen LogP contribution < -0.4 is 0 Å². The Morgan fingerprint density at radius 3 is 2.00 bits per heavy atom. The molecule has 178 valence electrons. The second-order valence-electron chi connectivity index (χ2n) is 9.92. The molecule has 1 fully saturated rings. The average molecular weight is 461 g/mol. The maximum absolute atomic E-state index is 12.6. The van der Waals surface area contributed by atoms with Crippen LogP contribution in [-0.4, -0.2) is 61.8 Å². The fourth-order valence-corrected chi connectivity index (χ4v) is 5.02. The van der Waals surface area contributed by atoms with Gasteiger partial charge in [0, 0.05) is 55.5 Å². The maximum Gasteiger partial charge on any atom is 0.407 e. The summed E-state index contributed by atoms with van der Waals surface area (Å²) in [6.45, 7) is 7.51. The second kappa shape index (κ2) is 9.52. The molecule has 7 nitrogen and oxygen atoms in total. The lowest BCUT2D eigenvalue weighted by molar-refractivity contribution is -0.0627. The number of carboxylic acid groups (broad SMARTS) is 1. The molecular weight excluding hydrogens is 428 g/mol. The van der Waals surface area contributed by atoms with E-state index < -0.39 is 17.7 Å². The molecule has 3 heterocycles. The van der Waals surface area contributed by atoms with E-state index in [2.05, 4.69) is 35.6 Å². The lowest BCUT2D eigenvalue weighted by Gasteiger charge is -2.51. The summed E-state index contributed by atoms with van der Waals surface area (Å²) in [5.41, 5.74) is 0.514. The van der Waals surface area contributed by atoms with Crippen molar-refractivity contribution in [1.82, 2.24) is 19.8 Å². The van der Waals surface area contributed by atoms with Crippen molar-refractivity contribution in [3.05, 3.63) is 96.1 Å². The highest BCUT2D eigenvalue weighted by Crippen LogP contribution is 2.45. The predicted molar refractivity (Wildman–Crippen MR) is 130 cm³/mol. The van der Waals surface area contributed by atoms with Gasteiger partial charge < -0.3 is 15.1 Å². The lowest BCUT2D eigenvalue weighted by atomic mass is 9.76. The van der Waals surface area contributed by atoms with Crippen LogP contribution in [0, 0.1) is 5.41 Å². The number of nitrogens with zero attached hydrogens (tertiary/aromatic N) is 4. The molecule has 0 saturated carbocycles. The molecule has 0 bridgehead atoms. The Balaban J connectivity index is 1.88. The first kappa shape index (κ1) is 23.9. The first-order valence-corrected chi connectivity index (χ1v) is 11.5. The van der Waals surface area contributed by atoms with Crippen molar-refractivity contribution in [2.45, 2.75) is 38.5 Å². The van der Waals surface area contributed by atoms with Gasteiger partial charge >= 0.3 is 6.09 Å². The Labute approximate surface area is 200 Å². The van der Waals surface area contributed by atoms with E-state index in [0.29, 0.717) is 30.8 Å². The summed E-state index contributed by atoms with van der Waals surface area (Å²) in [4.78, 5) is 24.4. The minimum Gasteiger partial charge on any atom is -0.465 e. The molecule has 2 N–H and O–H groups in total. The highest BCUT2D eigenvalue weighted by atomic mass is 16.4. The Morgan fingerprint density at radius 1 is 0.941 bits per heavy atom. The van der Waals surface area contributed by atoms with Gasteiger partial charge in [0.1, 0.15) is 5.60 Å². The Bertz CT molecular complexity index is 1050. The van der Waals surface area contributed by atoms with Gasteiger partial charge in [-0.05, 0) is 23.1 Å². The van der Waals surface area contributed by atoms with Gasteiger partial charge in [-0.2, -0.15) is 0 Å². The molecule has 0 spiro atoms. The molecule has 4 rings (SSSR count). The van der Waals surface area contributed by atoms with E-state index in [1.807, 2.05) is 54.6 Å². The van der Waals surface area contributed by atoms with Gasteiger partial charge in [-0.3, -0.25) is 14.9 Å². The van der Waals surface area contributed by atoms with Gasteiger partial charge in [0.05, 0.1) is 12.1 Å². The number of hydrogen-bond donors (Lipinski definition) is 2. The predicted octanol–water partition coefficient (Wildman–Crippen LogP) is 4.16. The van der Waals surface area contributed by atoms with Crippen LogP contribution in [0.3, 0.4) is 0 Å². The number of aromatic nitrogens is 2. The van der Waals surface area contributed by atoms with E-state index in [1.165, 1.54) is 4.90 Å². The topological polar surface area (TPSA) is 89.8 Å². The van der Waals surface area contributed by atoms with E-state index in [4.69, 9.17) is 0 Å². The van der Waals surface area contributed by atoms with Crippen LogP contribution in [0.25, 0.3) is 0 Å². The SMILES string of the molecule is CC(C)(C)C1CN(C(c2ccccc2)C(O)(c2cccnc2)c2cccnc2)CCN1C(=O)O. The van der Waals surface area contributed by atoms with E-state index >= 15 is 0 Å². The van der Waals surface area contributed by atoms with E-state index in [0.717, 1.165) is 5.56 Å². The second-order valence-corrected chi connectivity index (χ2v) is 9.92. The van der Waals surface area contributed by atoms with E-state index in [-0.39, 0.29) is 11.5 Å². The molecule has 2 atom stereocenters. The van der Waals surface area contributed by atoms with Gasteiger partial charge in [-0.1, -0.05) is 63.2 Å². The number of benzene rings is 1. The van der Waals surface area contributed by atoms with Crippen molar-refractivity contribution in [2.24, 2.45) is 5.41 Å². The molecule has 7 heteroatoms. The zero-order chi connectivity index (χ0) is 24.3. The first-order valence-electron chi connectivity index (χ1n) is 11.5. The molecule has 0 radical (unpaired) electrons. The van der Waals surface area contributed by atoms with Crippen molar-refractivity contribution in [3.8, 4) is 0 Å². The number of hydrogen-bond acceptors (Lipinski definition) is 5. The summed E-state index contributed by atoms with van der Waals surface area (Å²) in [5, 5.41) is 22.5. The molecule has 2 aromatic heterocycles. The summed E-state index contributed by atoms with van der Waals surface area (Å²) in [5.74, 6) is 0. The largest absolute Gasteiger partial charge is 0.465 e. The van der Waals surface area contributed by atoms with Crippen molar-refractivity contribution >= 4 is 6.09 Å². The zero-order valence-corrected chi connectivity index (χ0v) is 19.9. The number of amides is 1. The highest BCUT2D eigenvalue weighted by Gasteiger charge is 2.48. The number of rotatable bonds is 5. The fourth-order valence-electron chi connectivity index (χ4n) is 5.02.